The summed E-state index contributed by atoms with van der Waals surface area (Å²) in [4.78, 5) is 24.6. The Bertz CT molecular complexity index is 897. The van der Waals surface area contributed by atoms with Crippen LogP contribution in [0.25, 0.3) is 0 Å². The zero-order valence-corrected chi connectivity index (χ0v) is 15.1. The van der Waals surface area contributed by atoms with Crippen LogP contribution in [0.2, 0.25) is 0 Å². The van der Waals surface area contributed by atoms with Gasteiger partial charge in [0.2, 0.25) is 0 Å². The summed E-state index contributed by atoms with van der Waals surface area (Å²) in [5.41, 5.74) is 2.05. The highest BCUT2D eigenvalue weighted by molar-refractivity contribution is 6.13. The molecule has 136 valence electrons. The summed E-state index contributed by atoms with van der Waals surface area (Å²) in [6.45, 7) is 0.462. The minimum Gasteiger partial charge on any atom is -0.497 e. The van der Waals surface area contributed by atoms with Crippen molar-refractivity contribution in [2.45, 2.75) is 13.0 Å². The van der Waals surface area contributed by atoms with Gasteiger partial charge in [0.25, 0.3) is 0 Å². The van der Waals surface area contributed by atoms with Gasteiger partial charge in [-0.15, -0.1) is 0 Å². The first-order valence-corrected chi connectivity index (χ1v) is 8.63. The van der Waals surface area contributed by atoms with Crippen molar-refractivity contribution in [2.24, 2.45) is 0 Å². The Kier molecular flexibility index (Phi) is 6.00. The van der Waals surface area contributed by atoms with Crippen LogP contribution in [0.5, 0.6) is 11.5 Å². The number of methoxy groups -OCH3 is 1. The van der Waals surface area contributed by atoms with Crippen LogP contribution in [0.1, 0.15) is 32.7 Å². The molecule has 0 N–H and O–H groups in total. The first kappa shape index (κ1) is 18.4. The zero-order chi connectivity index (χ0) is 19.1. The van der Waals surface area contributed by atoms with E-state index in [9.17, 15) is 9.59 Å². The molecule has 0 aromatic heterocycles. The standard InChI is InChI=1S/C23H20O4/c1-26-20-11-7-18(8-12-20)22(24)15-23(25)19-9-13-21(14-10-19)27-16-17-5-3-2-4-6-17/h2-14H,15-16H2,1H3. The van der Waals surface area contributed by atoms with Crippen LogP contribution in [0, 0.1) is 0 Å². The molecular weight excluding hydrogens is 340 g/mol. The van der Waals surface area contributed by atoms with Crippen molar-refractivity contribution in [3.63, 3.8) is 0 Å². The second-order valence-electron chi connectivity index (χ2n) is 6.05. The number of benzene rings is 3. The van der Waals surface area contributed by atoms with Gasteiger partial charge in [-0.25, -0.2) is 0 Å². The Morgan fingerprint density at radius 1 is 0.704 bits per heavy atom. The number of ketones is 2. The maximum absolute atomic E-state index is 12.4. The number of hydrogen-bond donors (Lipinski definition) is 0. The zero-order valence-electron chi connectivity index (χ0n) is 15.1. The summed E-state index contributed by atoms with van der Waals surface area (Å²) in [5, 5.41) is 0. The van der Waals surface area contributed by atoms with E-state index in [0.29, 0.717) is 29.2 Å². The molecule has 0 aliphatic heterocycles. The summed E-state index contributed by atoms with van der Waals surface area (Å²) in [6, 6.07) is 23.4. The van der Waals surface area contributed by atoms with E-state index in [4.69, 9.17) is 9.47 Å². The topological polar surface area (TPSA) is 52.6 Å². The molecule has 3 rings (SSSR count). The van der Waals surface area contributed by atoms with Crippen LogP contribution < -0.4 is 9.47 Å². The van der Waals surface area contributed by atoms with Crippen LogP contribution >= 0.6 is 0 Å². The van der Waals surface area contributed by atoms with E-state index < -0.39 is 0 Å². The fourth-order valence-electron chi connectivity index (χ4n) is 2.60. The largest absolute Gasteiger partial charge is 0.497 e. The Labute approximate surface area is 158 Å². The smallest absolute Gasteiger partial charge is 0.170 e. The van der Waals surface area contributed by atoms with Crippen molar-refractivity contribution in [2.75, 3.05) is 7.11 Å². The number of hydrogen-bond acceptors (Lipinski definition) is 4. The third-order valence-electron chi connectivity index (χ3n) is 4.16. The van der Waals surface area contributed by atoms with E-state index in [0.717, 1.165) is 5.56 Å². The average Bonchev–Trinajstić information content (AvgIpc) is 2.73. The molecule has 0 fully saturated rings. The van der Waals surface area contributed by atoms with E-state index in [1.165, 1.54) is 0 Å². The summed E-state index contributed by atoms with van der Waals surface area (Å²) < 4.78 is 10.8. The van der Waals surface area contributed by atoms with Crippen LogP contribution in [-0.2, 0) is 6.61 Å². The van der Waals surface area contributed by atoms with Gasteiger partial charge in [-0.1, -0.05) is 30.3 Å². The lowest BCUT2D eigenvalue weighted by molar-refractivity contribution is 0.0894. The van der Waals surface area contributed by atoms with E-state index in [-0.39, 0.29) is 18.0 Å². The summed E-state index contributed by atoms with van der Waals surface area (Å²) in [6.07, 6.45) is -0.170. The van der Waals surface area contributed by atoms with E-state index >= 15 is 0 Å². The molecule has 0 amide bonds. The van der Waals surface area contributed by atoms with Gasteiger partial charge in [0.15, 0.2) is 11.6 Å². The number of ether oxygens (including phenoxy) is 2. The molecule has 4 nitrogen and oxygen atoms in total. The Balaban J connectivity index is 1.57. The van der Waals surface area contributed by atoms with Gasteiger partial charge in [-0.3, -0.25) is 9.59 Å². The number of carbonyl (C=O) groups is 2. The lowest BCUT2D eigenvalue weighted by Crippen LogP contribution is -2.08. The molecule has 4 heteroatoms. The molecule has 3 aromatic rings. The molecule has 0 aliphatic rings. The normalized spacial score (nSPS) is 10.3. The lowest BCUT2D eigenvalue weighted by Gasteiger charge is -2.07. The van der Waals surface area contributed by atoms with Crippen molar-refractivity contribution in [1.29, 1.82) is 0 Å². The van der Waals surface area contributed by atoms with Gasteiger partial charge in [0.05, 0.1) is 13.5 Å². The predicted octanol–water partition coefficient (Wildman–Crippen LogP) is 4.73. The van der Waals surface area contributed by atoms with Crippen molar-refractivity contribution in [3.05, 3.63) is 95.6 Å². The Hall–Kier alpha value is -3.40. The third-order valence-corrected chi connectivity index (χ3v) is 4.16. The number of Topliss-reactive ketones (excluding diaryl/α,β-unsaturated/α-hetero) is 2. The minimum atomic E-state index is -0.217. The van der Waals surface area contributed by atoms with Crippen molar-refractivity contribution >= 4 is 11.6 Å². The quantitative estimate of drug-likeness (QED) is 0.430. The molecule has 0 radical (unpaired) electrons. The minimum absolute atomic E-state index is 0.170. The third kappa shape index (κ3) is 5.05. The highest BCUT2D eigenvalue weighted by Crippen LogP contribution is 2.17. The molecule has 0 atom stereocenters. The van der Waals surface area contributed by atoms with Gasteiger partial charge in [0.1, 0.15) is 18.1 Å². The number of carbonyl (C=O) groups excluding carboxylic acids is 2. The average molecular weight is 360 g/mol. The molecule has 0 saturated carbocycles. The molecule has 0 aliphatic carbocycles. The molecule has 0 unspecified atom stereocenters. The van der Waals surface area contributed by atoms with E-state index in [1.54, 1.807) is 55.6 Å². The van der Waals surface area contributed by atoms with Gasteiger partial charge in [0, 0.05) is 11.1 Å². The summed E-state index contributed by atoms with van der Waals surface area (Å²) in [5.74, 6) is 0.915. The van der Waals surface area contributed by atoms with Crippen molar-refractivity contribution in [1.82, 2.24) is 0 Å². The highest BCUT2D eigenvalue weighted by Gasteiger charge is 2.14. The second kappa shape index (κ2) is 8.81. The molecule has 0 heterocycles. The van der Waals surface area contributed by atoms with Gasteiger partial charge in [-0.05, 0) is 54.1 Å². The first-order valence-electron chi connectivity index (χ1n) is 8.63. The Morgan fingerprint density at radius 2 is 1.22 bits per heavy atom. The van der Waals surface area contributed by atoms with Crippen LogP contribution in [0.15, 0.2) is 78.9 Å². The summed E-state index contributed by atoms with van der Waals surface area (Å²) >= 11 is 0. The SMILES string of the molecule is COc1ccc(C(=O)CC(=O)c2ccc(OCc3ccccc3)cc2)cc1. The molecule has 0 bridgehead atoms. The lowest BCUT2D eigenvalue weighted by atomic mass is 10.0. The highest BCUT2D eigenvalue weighted by atomic mass is 16.5. The van der Waals surface area contributed by atoms with E-state index in [2.05, 4.69) is 0 Å². The molecular formula is C23H20O4. The first-order chi connectivity index (χ1) is 13.2. The molecule has 3 aromatic carbocycles. The second-order valence-corrected chi connectivity index (χ2v) is 6.05. The predicted molar refractivity (Wildman–Crippen MR) is 103 cm³/mol. The molecule has 0 saturated heterocycles. The summed E-state index contributed by atoms with van der Waals surface area (Å²) in [7, 11) is 1.56. The fraction of sp³-hybridized carbons (Fsp3) is 0.130. The van der Waals surface area contributed by atoms with Crippen molar-refractivity contribution in [3.8, 4) is 11.5 Å². The van der Waals surface area contributed by atoms with Crippen LogP contribution in [0.4, 0.5) is 0 Å². The maximum Gasteiger partial charge on any atom is 0.170 e. The van der Waals surface area contributed by atoms with Gasteiger partial charge >= 0.3 is 0 Å². The number of rotatable bonds is 8. The van der Waals surface area contributed by atoms with Gasteiger partial charge in [-0.2, -0.15) is 0 Å². The molecule has 0 spiro atoms. The maximum atomic E-state index is 12.4. The monoisotopic (exact) mass is 360 g/mol. The van der Waals surface area contributed by atoms with Crippen LogP contribution in [0.3, 0.4) is 0 Å². The molecule has 27 heavy (non-hydrogen) atoms. The van der Waals surface area contributed by atoms with Crippen molar-refractivity contribution < 1.29 is 19.1 Å². The van der Waals surface area contributed by atoms with Crippen LogP contribution in [-0.4, -0.2) is 18.7 Å². The van der Waals surface area contributed by atoms with Gasteiger partial charge < -0.3 is 9.47 Å². The fourth-order valence-corrected chi connectivity index (χ4v) is 2.60. The Morgan fingerprint density at radius 3 is 1.74 bits per heavy atom. The van der Waals surface area contributed by atoms with E-state index in [1.807, 2.05) is 30.3 Å².